The maximum atomic E-state index is 12.9. The van der Waals surface area contributed by atoms with E-state index in [9.17, 15) is 21.6 Å². The van der Waals surface area contributed by atoms with Crippen molar-refractivity contribution in [1.29, 1.82) is 0 Å². The fourth-order valence-electron chi connectivity index (χ4n) is 4.59. The van der Waals surface area contributed by atoms with Gasteiger partial charge in [0.25, 0.3) is 0 Å². The number of piperidine rings is 1. The molecule has 1 aromatic rings. The summed E-state index contributed by atoms with van der Waals surface area (Å²) in [7, 11) is -3.22. The third-order valence-electron chi connectivity index (χ3n) is 6.01. The van der Waals surface area contributed by atoms with Crippen molar-refractivity contribution in [3.05, 3.63) is 35.4 Å². The molecule has 3 rings (SSSR count). The lowest BCUT2D eigenvalue weighted by molar-refractivity contribution is -0.137. The van der Waals surface area contributed by atoms with Crippen molar-refractivity contribution in [3.63, 3.8) is 0 Å². The first-order valence-corrected chi connectivity index (χ1v) is 11.8. The highest BCUT2D eigenvalue weighted by Gasteiger charge is 2.35. The average molecular weight is 419 g/mol. The first kappa shape index (κ1) is 21.6. The van der Waals surface area contributed by atoms with Gasteiger partial charge in [0.15, 0.2) is 0 Å². The van der Waals surface area contributed by atoms with Crippen molar-refractivity contribution in [2.75, 3.05) is 25.9 Å². The largest absolute Gasteiger partial charge is 0.416 e. The molecule has 0 bridgehead atoms. The van der Waals surface area contributed by atoms with E-state index in [2.05, 4.69) is 4.90 Å². The Bertz CT molecular complexity index is 759. The van der Waals surface area contributed by atoms with Gasteiger partial charge in [0.05, 0.1) is 11.8 Å². The van der Waals surface area contributed by atoms with Crippen molar-refractivity contribution < 1.29 is 21.6 Å². The monoisotopic (exact) mass is 418 g/mol. The van der Waals surface area contributed by atoms with Gasteiger partial charge in [-0.15, -0.1) is 0 Å². The van der Waals surface area contributed by atoms with E-state index in [1.54, 1.807) is 10.4 Å². The first-order chi connectivity index (χ1) is 13.1. The molecular weight excluding hydrogens is 389 g/mol. The molecule has 1 unspecified atom stereocenters. The Kier molecular flexibility index (Phi) is 6.72. The molecule has 0 amide bonds. The molecule has 2 fully saturated rings. The van der Waals surface area contributed by atoms with Gasteiger partial charge in [-0.3, -0.25) is 4.90 Å². The predicted octanol–water partition coefficient (Wildman–Crippen LogP) is 4.12. The third kappa shape index (κ3) is 5.48. The summed E-state index contributed by atoms with van der Waals surface area (Å²) in [5.41, 5.74) is 0.0580. The third-order valence-corrected chi connectivity index (χ3v) is 7.32. The highest BCUT2D eigenvalue weighted by atomic mass is 32.2. The standard InChI is InChI=1S/C20H29F3N2O2S/c1-28(26,27)25-11-4-2-3-8-19(25)17-9-12-24(13-10-17)15-16-6-5-7-18(14-16)20(21,22)23/h5-7,14,17,19H,2-4,8-13,15H2,1H3. The van der Waals surface area contributed by atoms with Crippen LogP contribution in [0, 0.1) is 5.92 Å². The van der Waals surface area contributed by atoms with E-state index in [0.29, 0.717) is 24.6 Å². The summed E-state index contributed by atoms with van der Waals surface area (Å²) >= 11 is 0. The van der Waals surface area contributed by atoms with Gasteiger partial charge < -0.3 is 0 Å². The van der Waals surface area contributed by atoms with Crippen LogP contribution in [0.5, 0.6) is 0 Å². The number of likely N-dealkylation sites (tertiary alicyclic amines) is 1. The molecule has 4 nitrogen and oxygen atoms in total. The van der Waals surface area contributed by atoms with E-state index in [4.69, 9.17) is 0 Å². The van der Waals surface area contributed by atoms with Crippen LogP contribution in [0.1, 0.15) is 49.7 Å². The van der Waals surface area contributed by atoms with Crippen LogP contribution in [-0.2, 0) is 22.7 Å². The molecule has 0 spiro atoms. The van der Waals surface area contributed by atoms with E-state index in [1.807, 2.05) is 0 Å². The minimum atomic E-state index is -4.32. The molecule has 0 saturated carbocycles. The van der Waals surface area contributed by atoms with Crippen molar-refractivity contribution in [2.24, 2.45) is 5.92 Å². The van der Waals surface area contributed by atoms with Gasteiger partial charge in [-0.1, -0.05) is 31.0 Å². The van der Waals surface area contributed by atoms with E-state index < -0.39 is 21.8 Å². The van der Waals surface area contributed by atoms with Crippen molar-refractivity contribution in [3.8, 4) is 0 Å². The first-order valence-electron chi connectivity index (χ1n) is 10.00. The van der Waals surface area contributed by atoms with Crippen molar-refractivity contribution in [1.82, 2.24) is 9.21 Å². The van der Waals surface area contributed by atoms with Gasteiger partial charge in [-0.2, -0.15) is 17.5 Å². The van der Waals surface area contributed by atoms with E-state index in [1.165, 1.54) is 18.4 Å². The second-order valence-electron chi connectivity index (χ2n) is 8.10. The summed E-state index contributed by atoms with van der Waals surface area (Å²) in [6.45, 7) is 2.68. The van der Waals surface area contributed by atoms with Gasteiger partial charge in [0.1, 0.15) is 0 Å². The van der Waals surface area contributed by atoms with Crippen LogP contribution in [-0.4, -0.2) is 49.6 Å². The molecule has 0 aromatic heterocycles. The highest BCUT2D eigenvalue weighted by Crippen LogP contribution is 2.33. The SMILES string of the molecule is CS(=O)(=O)N1CCCCCC1C1CCN(Cc2cccc(C(F)(F)F)c2)CC1. The lowest BCUT2D eigenvalue weighted by atomic mass is 9.87. The summed E-state index contributed by atoms with van der Waals surface area (Å²) in [4.78, 5) is 2.17. The van der Waals surface area contributed by atoms with Crippen LogP contribution in [0.3, 0.4) is 0 Å². The zero-order valence-electron chi connectivity index (χ0n) is 16.3. The smallest absolute Gasteiger partial charge is 0.299 e. The van der Waals surface area contributed by atoms with Crippen LogP contribution in [0.25, 0.3) is 0 Å². The topological polar surface area (TPSA) is 40.6 Å². The minimum absolute atomic E-state index is 0.0632. The summed E-state index contributed by atoms with van der Waals surface area (Å²) in [5.74, 6) is 0.325. The molecule has 2 aliphatic heterocycles. The fraction of sp³-hybridized carbons (Fsp3) is 0.700. The number of hydrogen-bond acceptors (Lipinski definition) is 3. The second-order valence-corrected chi connectivity index (χ2v) is 10.0. The summed E-state index contributed by atoms with van der Waals surface area (Å²) in [5, 5.41) is 0. The van der Waals surface area contributed by atoms with Gasteiger partial charge in [0.2, 0.25) is 10.0 Å². The molecule has 158 valence electrons. The molecule has 0 N–H and O–H groups in total. The molecule has 28 heavy (non-hydrogen) atoms. The Morgan fingerprint density at radius 1 is 1.04 bits per heavy atom. The van der Waals surface area contributed by atoms with Crippen molar-refractivity contribution >= 4 is 10.0 Å². The lowest BCUT2D eigenvalue weighted by Gasteiger charge is -2.39. The lowest BCUT2D eigenvalue weighted by Crippen LogP contribution is -2.47. The Morgan fingerprint density at radius 3 is 2.39 bits per heavy atom. The predicted molar refractivity (Wildman–Crippen MR) is 103 cm³/mol. The summed E-state index contributed by atoms with van der Waals surface area (Å²) in [6.07, 6.45) is 2.69. The summed E-state index contributed by atoms with van der Waals surface area (Å²) in [6, 6.07) is 5.58. The number of benzene rings is 1. The molecule has 2 heterocycles. The van der Waals surface area contributed by atoms with Gasteiger partial charge in [-0.25, -0.2) is 8.42 Å². The Labute approximate surface area is 165 Å². The number of halogens is 3. The number of sulfonamides is 1. The molecule has 2 aliphatic rings. The fourth-order valence-corrected chi connectivity index (χ4v) is 5.82. The molecule has 1 aromatic carbocycles. The second kappa shape index (κ2) is 8.71. The van der Waals surface area contributed by atoms with Crippen LogP contribution in [0.15, 0.2) is 24.3 Å². The molecule has 2 saturated heterocycles. The van der Waals surface area contributed by atoms with Crippen LogP contribution < -0.4 is 0 Å². The normalized spacial score (nSPS) is 24.2. The van der Waals surface area contributed by atoms with E-state index in [0.717, 1.165) is 57.7 Å². The zero-order chi connectivity index (χ0) is 20.4. The zero-order valence-corrected chi connectivity index (χ0v) is 17.1. The number of rotatable bonds is 4. The maximum absolute atomic E-state index is 12.9. The molecule has 1 atom stereocenters. The Balaban J connectivity index is 1.61. The van der Waals surface area contributed by atoms with Crippen LogP contribution in [0.2, 0.25) is 0 Å². The van der Waals surface area contributed by atoms with E-state index >= 15 is 0 Å². The molecule has 0 aliphatic carbocycles. The number of nitrogens with zero attached hydrogens (tertiary/aromatic N) is 2. The number of alkyl halides is 3. The van der Waals surface area contributed by atoms with Crippen LogP contribution >= 0.6 is 0 Å². The molecule has 0 radical (unpaired) electrons. The minimum Gasteiger partial charge on any atom is -0.299 e. The van der Waals surface area contributed by atoms with E-state index in [-0.39, 0.29) is 6.04 Å². The van der Waals surface area contributed by atoms with Crippen molar-refractivity contribution in [2.45, 2.75) is 57.3 Å². The molecular formula is C20H29F3N2O2S. The Hall–Kier alpha value is -1.12. The van der Waals surface area contributed by atoms with Gasteiger partial charge in [0, 0.05) is 19.1 Å². The highest BCUT2D eigenvalue weighted by molar-refractivity contribution is 7.88. The number of hydrogen-bond donors (Lipinski definition) is 0. The van der Waals surface area contributed by atoms with Crippen LogP contribution in [0.4, 0.5) is 13.2 Å². The average Bonchev–Trinajstić information content (AvgIpc) is 2.88. The maximum Gasteiger partial charge on any atom is 0.416 e. The summed E-state index contributed by atoms with van der Waals surface area (Å²) < 4.78 is 64.9. The molecule has 8 heteroatoms. The van der Waals surface area contributed by atoms with Gasteiger partial charge in [-0.05, 0) is 56.3 Å². The van der Waals surface area contributed by atoms with Gasteiger partial charge >= 0.3 is 6.18 Å². The quantitative estimate of drug-likeness (QED) is 0.739. The Morgan fingerprint density at radius 2 is 1.75 bits per heavy atom.